The predicted molar refractivity (Wildman–Crippen MR) is 257 cm³/mol. The fourth-order valence-corrected chi connectivity index (χ4v) is 16.7. The molecule has 0 heterocycles. The van der Waals surface area contributed by atoms with Crippen molar-refractivity contribution in [3.05, 3.63) is 168 Å². The first-order valence-corrected chi connectivity index (χ1v) is 25.6. The lowest BCUT2D eigenvalue weighted by Crippen LogP contribution is -2.52. The maximum atomic E-state index is 15.9. The van der Waals surface area contributed by atoms with Crippen LogP contribution in [0.1, 0.15) is 70.7 Å². The van der Waals surface area contributed by atoms with Gasteiger partial charge in [-0.05, 0) is 118 Å². The van der Waals surface area contributed by atoms with Gasteiger partial charge in [0.15, 0.2) is 6.61 Å². The van der Waals surface area contributed by atoms with E-state index in [1.165, 1.54) is 54.6 Å². The first-order valence-electron chi connectivity index (χ1n) is 21.5. The summed E-state index contributed by atoms with van der Waals surface area (Å²) in [5, 5.41) is 22.2. The summed E-state index contributed by atoms with van der Waals surface area (Å²) in [7, 11) is -12.0. The van der Waals surface area contributed by atoms with E-state index >= 15 is 13.2 Å². The van der Waals surface area contributed by atoms with Crippen LogP contribution in [0.3, 0.4) is 0 Å². The van der Waals surface area contributed by atoms with Crippen LogP contribution in [0.25, 0.3) is 0 Å². The Kier molecular flexibility index (Phi) is 14.6. The maximum absolute atomic E-state index is 15.9. The van der Waals surface area contributed by atoms with Crippen molar-refractivity contribution in [3.63, 3.8) is 0 Å². The van der Waals surface area contributed by atoms with Crippen LogP contribution in [0, 0.1) is 0 Å². The lowest BCUT2D eigenvalue weighted by Gasteiger charge is -2.50. The molecular formula is C52H55F3O12S2. The molecule has 0 aliphatic rings. The zero-order valence-electron chi connectivity index (χ0n) is 39.0. The summed E-state index contributed by atoms with van der Waals surface area (Å²) in [6, 6.07) is 33.6. The number of benzene rings is 6. The number of esters is 1. The third-order valence-electron chi connectivity index (χ3n) is 11.7. The maximum Gasteiger partial charge on any atom is 0.514 e. The highest BCUT2D eigenvalue weighted by molar-refractivity contribution is 8.62. The quantitative estimate of drug-likeness (QED) is 0.0435. The van der Waals surface area contributed by atoms with Crippen LogP contribution in [-0.4, -0.2) is 66.6 Å². The standard InChI is InChI=1S/C52H55F3O12S2/c1-49(2,3)67-48(59)66-39-24-20-36(21-25-39)51(6,7)44-32-43(45(56)33-46(44)57)50(4,5)35-18-22-38(23-19-35)65-34-47(58)64-31-30-63-37-26-28-42(29-27-37)69(52(53,54)55,68(60,61)62,40-14-10-8-11-15-40)41-16-12-9-13-17-41/h8-29,32-33,56-57H,30-31,34H2,1-7H3,(H2,60,61,62). The number of hydrogen-bond acceptors (Lipinski definition) is 10. The molecule has 0 saturated carbocycles. The molecule has 6 aromatic carbocycles. The molecule has 17 heteroatoms. The number of phenols is 2. The second kappa shape index (κ2) is 19.5. The molecule has 6 aromatic rings. The Labute approximate surface area is 398 Å². The molecule has 0 saturated heterocycles. The van der Waals surface area contributed by atoms with E-state index in [9.17, 15) is 33.1 Å². The van der Waals surface area contributed by atoms with Crippen molar-refractivity contribution >= 4 is 28.9 Å². The van der Waals surface area contributed by atoms with Gasteiger partial charge in [-0.15, -0.1) is 0 Å². The van der Waals surface area contributed by atoms with Gasteiger partial charge in [-0.3, -0.25) is 9.11 Å². The summed E-state index contributed by atoms with van der Waals surface area (Å²) in [6.07, 6.45) is -0.831. The Balaban J connectivity index is 1.08. The Morgan fingerprint density at radius 3 is 1.42 bits per heavy atom. The molecule has 0 spiro atoms. The van der Waals surface area contributed by atoms with Crippen molar-refractivity contribution < 1.29 is 70.0 Å². The molecule has 368 valence electrons. The number of carbonyl (C=O) groups is 2. The van der Waals surface area contributed by atoms with Crippen molar-refractivity contribution in [1.82, 2.24) is 0 Å². The van der Waals surface area contributed by atoms with Gasteiger partial charge in [-0.25, -0.2) is 13.8 Å². The third-order valence-corrected chi connectivity index (χ3v) is 21.9. The molecule has 0 aliphatic heterocycles. The van der Waals surface area contributed by atoms with Crippen molar-refractivity contribution in [3.8, 4) is 28.7 Å². The highest BCUT2D eigenvalue weighted by Crippen LogP contribution is 2.64. The number of ether oxygens (including phenoxy) is 5. The fourth-order valence-electron chi connectivity index (χ4n) is 8.13. The number of phenolic OH excluding ortho intramolecular Hbond substituents is 2. The first kappa shape index (κ1) is 51.9. The van der Waals surface area contributed by atoms with E-state index in [4.69, 9.17) is 23.7 Å². The van der Waals surface area contributed by atoms with E-state index < -0.39 is 72.1 Å². The smallest absolute Gasteiger partial charge is 0.507 e. The molecule has 0 fully saturated rings. The number of aromatic hydroxyl groups is 2. The fraction of sp³-hybridized carbons (Fsp3) is 0.269. The highest BCUT2D eigenvalue weighted by Gasteiger charge is 2.66. The molecular weight excluding hydrogens is 938 g/mol. The van der Waals surface area contributed by atoms with Crippen molar-refractivity contribution in [2.45, 2.75) is 85.1 Å². The molecule has 0 atom stereocenters. The van der Waals surface area contributed by atoms with Gasteiger partial charge in [-0.2, -0.15) is 13.2 Å². The summed E-state index contributed by atoms with van der Waals surface area (Å²) in [6.45, 7) is 11.9. The van der Waals surface area contributed by atoms with Gasteiger partial charge < -0.3 is 33.9 Å². The summed E-state index contributed by atoms with van der Waals surface area (Å²) < 4.78 is 110. The largest absolute Gasteiger partial charge is 0.514 e. The minimum atomic E-state index is -6.24. The van der Waals surface area contributed by atoms with E-state index in [1.807, 2.05) is 27.7 Å². The van der Waals surface area contributed by atoms with Crippen LogP contribution in [0.5, 0.6) is 28.7 Å². The third kappa shape index (κ3) is 9.86. The van der Waals surface area contributed by atoms with Crippen LogP contribution in [0.2, 0.25) is 0 Å². The van der Waals surface area contributed by atoms with E-state index in [1.54, 1.807) is 75.4 Å². The molecule has 6 rings (SSSR count). The number of rotatable bonds is 15. The molecule has 0 aliphatic carbocycles. The highest BCUT2D eigenvalue weighted by atomic mass is 32.9. The Morgan fingerprint density at radius 1 is 0.565 bits per heavy atom. The van der Waals surface area contributed by atoms with Crippen LogP contribution in [0.4, 0.5) is 18.0 Å². The van der Waals surface area contributed by atoms with Gasteiger partial charge in [0.05, 0.1) is 0 Å². The van der Waals surface area contributed by atoms with Crippen LogP contribution in [0.15, 0.2) is 160 Å². The van der Waals surface area contributed by atoms with Crippen LogP contribution < -0.4 is 14.2 Å². The molecule has 0 bridgehead atoms. The SMILES string of the molecule is CC(C)(C)OC(=O)Oc1ccc(C(C)(C)c2cc(C(C)(C)c3ccc(OCC(=O)OCCOc4ccc(S(c5ccccc5)(c5ccccc5)(C(F)(F)F)=S(=O)(O)O)cc4)cc3)c(O)cc2O)cc1. The monoisotopic (exact) mass is 992 g/mol. The van der Waals surface area contributed by atoms with E-state index in [-0.39, 0.29) is 36.2 Å². The van der Waals surface area contributed by atoms with Gasteiger partial charge in [0.2, 0.25) is 9.05 Å². The summed E-state index contributed by atoms with van der Waals surface area (Å²) in [5.74, 6) is -0.275. The molecule has 0 amide bonds. The van der Waals surface area contributed by atoms with Crippen LogP contribution in [-0.2, 0) is 41.9 Å². The van der Waals surface area contributed by atoms with Gasteiger partial charge in [-0.1, -0.05) is 88.4 Å². The average Bonchev–Trinajstić information content (AvgIpc) is 3.27. The first-order chi connectivity index (χ1) is 32.2. The molecule has 4 N–H and O–H groups in total. The number of alkyl halides is 3. The molecule has 69 heavy (non-hydrogen) atoms. The second-order valence-electron chi connectivity index (χ2n) is 18.0. The summed E-state index contributed by atoms with van der Waals surface area (Å²) in [5.41, 5.74) is -5.09. The molecule has 12 nitrogen and oxygen atoms in total. The van der Waals surface area contributed by atoms with Crippen molar-refractivity contribution in [1.29, 1.82) is 0 Å². The number of carbonyl (C=O) groups excluding carboxylic acids is 2. The number of halogens is 3. The second-order valence-corrected chi connectivity index (χ2v) is 26.0. The van der Waals surface area contributed by atoms with Crippen molar-refractivity contribution in [2.24, 2.45) is 0 Å². The van der Waals surface area contributed by atoms with E-state index in [2.05, 4.69) is 0 Å². The minimum Gasteiger partial charge on any atom is -0.507 e. The zero-order chi connectivity index (χ0) is 50.7. The summed E-state index contributed by atoms with van der Waals surface area (Å²) in [4.78, 5) is 23.0. The average molecular weight is 993 g/mol. The minimum absolute atomic E-state index is 0.0617. The lowest BCUT2D eigenvalue weighted by molar-refractivity contribution is -0.146. The lowest BCUT2D eigenvalue weighted by atomic mass is 9.72. The molecule has 0 radical (unpaired) electrons. The number of hydrogen-bond donors (Lipinski definition) is 4. The Bertz CT molecular complexity index is 2910. The molecule has 0 aromatic heterocycles. The normalized spacial score (nSPS) is 13.1. The molecule has 0 unspecified atom stereocenters. The Morgan fingerprint density at radius 2 is 0.986 bits per heavy atom. The van der Waals surface area contributed by atoms with Gasteiger partial charge >= 0.3 is 17.6 Å². The topological polar surface area (TPSA) is 178 Å². The van der Waals surface area contributed by atoms with Crippen molar-refractivity contribution in [2.75, 3.05) is 19.8 Å². The van der Waals surface area contributed by atoms with Crippen LogP contribution >= 0.6 is 0 Å². The predicted octanol–water partition coefficient (Wildman–Crippen LogP) is 11.9. The van der Waals surface area contributed by atoms with E-state index in [0.717, 1.165) is 47.5 Å². The Hall–Kier alpha value is -6.53. The van der Waals surface area contributed by atoms with Gasteiger partial charge in [0.25, 0.3) is 0 Å². The summed E-state index contributed by atoms with van der Waals surface area (Å²) >= 11 is 0. The zero-order valence-corrected chi connectivity index (χ0v) is 40.6. The van der Waals surface area contributed by atoms with E-state index in [0.29, 0.717) is 16.9 Å². The van der Waals surface area contributed by atoms with Gasteiger partial charge in [0.1, 0.15) is 47.6 Å². The van der Waals surface area contributed by atoms with Gasteiger partial charge in [0, 0.05) is 42.7 Å².